The number of benzene rings is 1. The van der Waals surface area contributed by atoms with E-state index in [0.717, 1.165) is 0 Å². The van der Waals surface area contributed by atoms with Gasteiger partial charge in [-0.15, -0.1) is 0 Å². The molecule has 0 saturated carbocycles. The molecule has 0 radical (unpaired) electrons. The molecule has 0 spiro atoms. The van der Waals surface area contributed by atoms with Gasteiger partial charge in [-0.05, 0) is 17.7 Å². The van der Waals surface area contributed by atoms with E-state index in [1.54, 1.807) is 0 Å². The Morgan fingerprint density at radius 3 is 2.14 bits per heavy atom. The second-order valence-electron chi connectivity index (χ2n) is 2.60. The Morgan fingerprint density at radius 1 is 1.29 bits per heavy atom. The first-order valence-corrected chi connectivity index (χ1v) is 5.10. The highest BCUT2D eigenvalue weighted by Crippen LogP contribution is 2.18. The van der Waals surface area contributed by atoms with E-state index in [-0.39, 0.29) is 5.56 Å². The number of hydrogen-bond acceptors (Lipinski definition) is 4. The number of hydrogen-bond donors (Lipinski definition) is 2. The van der Waals surface area contributed by atoms with E-state index in [4.69, 9.17) is 14.9 Å². The molecule has 0 saturated heterocycles. The third-order valence-corrected chi connectivity index (χ3v) is 2.44. The summed E-state index contributed by atoms with van der Waals surface area (Å²) in [7, 11) is -4.50. The van der Waals surface area contributed by atoms with Gasteiger partial charge in [0.2, 0.25) is 5.44 Å². The van der Waals surface area contributed by atoms with Gasteiger partial charge >= 0.3 is 0 Å². The van der Waals surface area contributed by atoms with E-state index >= 15 is 0 Å². The lowest BCUT2D eigenvalue weighted by Gasteiger charge is -2.06. The van der Waals surface area contributed by atoms with Crippen LogP contribution in [0.3, 0.4) is 0 Å². The van der Waals surface area contributed by atoms with E-state index in [1.807, 2.05) is 6.07 Å². The molecular weight excluding hydrogens is 206 g/mol. The molecule has 1 unspecified atom stereocenters. The summed E-state index contributed by atoms with van der Waals surface area (Å²) in [6, 6.07) is 7.06. The Kier molecular flexibility index (Phi) is 2.86. The molecular formula is C8H7NO4S. The molecule has 1 rings (SSSR count). The largest absolute Gasteiger partial charge is 0.371 e. The molecule has 0 aliphatic rings. The van der Waals surface area contributed by atoms with Gasteiger partial charge in [0.25, 0.3) is 10.1 Å². The van der Waals surface area contributed by atoms with Crippen LogP contribution in [0.4, 0.5) is 0 Å². The fourth-order valence-electron chi connectivity index (χ4n) is 0.894. The molecule has 0 amide bonds. The smallest absolute Gasteiger partial charge is 0.296 e. The van der Waals surface area contributed by atoms with Gasteiger partial charge in [-0.25, -0.2) is 0 Å². The van der Waals surface area contributed by atoms with Crippen LogP contribution < -0.4 is 0 Å². The van der Waals surface area contributed by atoms with Crippen molar-refractivity contribution in [2.45, 2.75) is 5.44 Å². The van der Waals surface area contributed by atoms with Gasteiger partial charge in [0.05, 0.1) is 11.6 Å². The van der Waals surface area contributed by atoms with Crippen LogP contribution in [-0.4, -0.2) is 18.1 Å². The highest BCUT2D eigenvalue weighted by molar-refractivity contribution is 7.85. The maximum Gasteiger partial charge on any atom is 0.296 e. The number of nitrogens with zero attached hydrogens (tertiary/aromatic N) is 1. The van der Waals surface area contributed by atoms with E-state index in [0.29, 0.717) is 5.56 Å². The number of rotatable bonds is 2. The third-order valence-electron chi connectivity index (χ3n) is 1.61. The number of aliphatic hydroxyl groups is 1. The summed E-state index contributed by atoms with van der Waals surface area (Å²) in [6.07, 6.45) is 0. The summed E-state index contributed by atoms with van der Waals surface area (Å²) in [5.41, 5.74) is -1.60. The zero-order valence-electron chi connectivity index (χ0n) is 6.95. The summed E-state index contributed by atoms with van der Waals surface area (Å²) in [5, 5.41) is 17.5. The van der Waals surface area contributed by atoms with Crippen molar-refractivity contribution < 1.29 is 18.1 Å². The summed E-state index contributed by atoms with van der Waals surface area (Å²) >= 11 is 0. The second kappa shape index (κ2) is 3.75. The zero-order chi connectivity index (χ0) is 10.8. The van der Waals surface area contributed by atoms with Gasteiger partial charge < -0.3 is 5.11 Å². The molecule has 1 aromatic carbocycles. The molecule has 1 atom stereocenters. The van der Waals surface area contributed by atoms with Crippen LogP contribution in [0.15, 0.2) is 24.3 Å². The summed E-state index contributed by atoms with van der Waals surface area (Å²) in [6.45, 7) is 0. The van der Waals surface area contributed by atoms with Crippen molar-refractivity contribution >= 4 is 10.1 Å². The lowest BCUT2D eigenvalue weighted by Crippen LogP contribution is -2.10. The van der Waals surface area contributed by atoms with Gasteiger partial charge in [-0.3, -0.25) is 4.55 Å². The Bertz CT molecular complexity index is 457. The lowest BCUT2D eigenvalue weighted by atomic mass is 10.2. The Hall–Kier alpha value is -1.42. The first-order valence-electron chi connectivity index (χ1n) is 3.59. The molecule has 74 valence electrons. The fraction of sp³-hybridized carbons (Fsp3) is 0.125. The maximum atomic E-state index is 10.5. The monoisotopic (exact) mass is 213 g/mol. The van der Waals surface area contributed by atoms with Crippen molar-refractivity contribution in [2.75, 3.05) is 0 Å². The van der Waals surface area contributed by atoms with E-state index in [9.17, 15) is 8.42 Å². The molecule has 5 nitrogen and oxygen atoms in total. The van der Waals surface area contributed by atoms with Crippen molar-refractivity contribution in [2.24, 2.45) is 0 Å². The summed E-state index contributed by atoms with van der Waals surface area (Å²) in [4.78, 5) is 0. The van der Waals surface area contributed by atoms with Gasteiger partial charge in [-0.1, -0.05) is 12.1 Å². The molecule has 0 aliphatic carbocycles. The van der Waals surface area contributed by atoms with Crippen molar-refractivity contribution in [3.8, 4) is 6.07 Å². The average Bonchev–Trinajstić information content (AvgIpc) is 2.15. The van der Waals surface area contributed by atoms with Gasteiger partial charge in [0, 0.05) is 0 Å². The summed E-state index contributed by atoms with van der Waals surface area (Å²) < 4.78 is 29.6. The molecule has 1 aromatic rings. The standard InChI is InChI=1S/C8H7NO4S/c9-5-6-1-3-7(4-2-6)8(10)14(11,12)13/h1-4,8,10H,(H,11,12,13). The van der Waals surface area contributed by atoms with Crippen molar-refractivity contribution in [3.05, 3.63) is 35.4 Å². The van der Waals surface area contributed by atoms with Crippen LogP contribution in [0.1, 0.15) is 16.6 Å². The minimum absolute atomic E-state index is 0.0199. The Labute approximate surface area is 81.0 Å². The predicted molar refractivity (Wildman–Crippen MR) is 47.7 cm³/mol. The molecule has 0 heterocycles. The quantitative estimate of drug-likeness (QED) is 0.694. The second-order valence-corrected chi connectivity index (χ2v) is 4.08. The van der Waals surface area contributed by atoms with E-state index in [2.05, 4.69) is 0 Å². The molecule has 0 aliphatic heterocycles. The zero-order valence-corrected chi connectivity index (χ0v) is 7.77. The van der Waals surface area contributed by atoms with Crippen LogP contribution in [0.2, 0.25) is 0 Å². The van der Waals surface area contributed by atoms with Gasteiger partial charge in [0.1, 0.15) is 0 Å². The van der Waals surface area contributed by atoms with Crippen LogP contribution in [0, 0.1) is 11.3 Å². The fourth-order valence-corrected chi connectivity index (χ4v) is 1.40. The van der Waals surface area contributed by atoms with Crippen LogP contribution >= 0.6 is 0 Å². The Morgan fingerprint density at radius 2 is 1.79 bits per heavy atom. The molecule has 6 heteroatoms. The number of nitriles is 1. The molecule has 2 N–H and O–H groups in total. The first-order chi connectivity index (χ1) is 6.45. The average molecular weight is 213 g/mol. The normalized spacial score (nSPS) is 13.2. The van der Waals surface area contributed by atoms with E-state index in [1.165, 1.54) is 24.3 Å². The van der Waals surface area contributed by atoms with Crippen molar-refractivity contribution in [1.82, 2.24) is 0 Å². The minimum Gasteiger partial charge on any atom is -0.371 e. The number of aliphatic hydroxyl groups excluding tert-OH is 1. The van der Waals surface area contributed by atoms with Crippen LogP contribution in [-0.2, 0) is 10.1 Å². The highest BCUT2D eigenvalue weighted by Gasteiger charge is 2.21. The predicted octanol–water partition coefficient (Wildman–Crippen LogP) is 0.437. The topological polar surface area (TPSA) is 98.4 Å². The van der Waals surface area contributed by atoms with Gasteiger partial charge in [-0.2, -0.15) is 13.7 Å². The SMILES string of the molecule is N#Cc1ccc(C(O)S(=O)(=O)O)cc1. The highest BCUT2D eigenvalue weighted by atomic mass is 32.2. The molecule has 0 aromatic heterocycles. The van der Waals surface area contributed by atoms with Crippen molar-refractivity contribution in [1.29, 1.82) is 5.26 Å². The summed E-state index contributed by atoms with van der Waals surface area (Å²) in [5.74, 6) is 0. The van der Waals surface area contributed by atoms with Gasteiger partial charge in [0.15, 0.2) is 0 Å². The first kappa shape index (κ1) is 10.7. The molecule has 0 fully saturated rings. The maximum absolute atomic E-state index is 10.5. The van der Waals surface area contributed by atoms with Crippen molar-refractivity contribution in [3.63, 3.8) is 0 Å². The Balaban J connectivity index is 3.06. The minimum atomic E-state index is -4.50. The lowest BCUT2D eigenvalue weighted by molar-refractivity contribution is 0.238. The molecule has 0 bridgehead atoms. The van der Waals surface area contributed by atoms with Crippen LogP contribution in [0.25, 0.3) is 0 Å². The van der Waals surface area contributed by atoms with E-state index < -0.39 is 15.6 Å². The van der Waals surface area contributed by atoms with Crippen LogP contribution in [0.5, 0.6) is 0 Å². The third kappa shape index (κ3) is 2.29. The molecule has 14 heavy (non-hydrogen) atoms.